The number of pyridine rings is 1. The number of fused-ring (bicyclic) bond motifs is 1. The summed E-state index contributed by atoms with van der Waals surface area (Å²) in [6.45, 7) is 0. The second-order valence-electron chi connectivity index (χ2n) is 3.59. The maximum absolute atomic E-state index is 12.5. The molecule has 98 valence electrons. The van der Waals surface area contributed by atoms with Gasteiger partial charge in [-0.1, -0.05) is 22.9 Å². The van der Waals surface area contributed by atoms with E-state index in [1.54, 1.807) is 22.9 Å². The quantitative estimate of drug-likeness (QED) is 0.683. The molecule has 0 saturated carbocycles. The molecule has 0 fully saturated rings. The van der Waals surface area contributed by atoms with E-state index in [1.807, 2.05) is 0 Å². The molecule has 0 aliphatic heterocycles. The van der Waals surface area contributed by atoms with Gasteiger partial charge in [0.1, 0.15) is 0 Å². The summed E-state index contributed by atoms with van der Waals surface area (Å²) in [6, 6.07) is 1.73. The molecule has 0 N–H and O–H groups in total. The molecule has 0 saturated heterocycles. The van der Waals surface area contributed by atoms with Gasteiger partial charge < -0.3 is 0 Å². The second kappa shape index (κ2) is 4.77. The number of aromatic nitrogens is 4. The summed E-state index contributed by atoms with van der Waals surface area (Å²) in [5, 5.41) is 7.68. The van der Waals surface area contributed by atoms with Crippen LogP contribution in [0, 0.1) is 0 Å². The van der Waals surface area contributed by atoms with E-state index >= 15 is 0 Å². The first-order chi connectivity index (χ1) is 9.06. The monoisotopic (exact) mass is 364 g/mol. The third kappa shape index (κ3) is 2.24. The van der Waals surface area contributed by atoms with Crippen molar-refractivity contribution in [2.24, 2.45) is 0 Å². The minimum absolute atomic E-state index is 0.324. The van der Waals surface area contributed by atoms with Crippen LogP contribution in [0.15, 0.2) is 22.9 Å². The summed E-state index contributed by atoms with van der Waals surface area (Å²) < 4.78 is 27.5. The number of halogens is 4. The van der Waals surface area contributed by atoms with E-state index in [0.29, 0.717) is 21.4 Å². The Hall–Kier alpha value is -1.12. The Morgan fingerprint density at radius 3 is 2.84 bits per heavy atom. The Morgan fingerprint density at radius 2 is 2.16 bits per heavy atom. The Kier molecular flexibility index (Phi) is 3.23. The second-order valence-corrected chi connectivity index (χ2v) is 5.92. The fraction of sp³-hybridized carbons (Fsp3) is 0.100. The zero-order chi connectivity index (χ0) is 13.6. The predicted octanol–water partition coefficient (Wildman–Crippen LogP) is 4.21. The summed E-state index contributed by atoms with van der Waals surface area (Å²) in [5.41, 5.74) is 0.675. The number of hydrogen-bond donors (Lipinski definition) is 0. The van der Waals surface area contributed by atoms with Gasteiger partial charge in [-0.3, -0.25) is 4.40 Å². The van der Waals surface area contributed by atoms with Gasteiger partial charge in [0.25, 0.3) is 6.43 Å². The molecule has 19 heavy (non-hydrogen) atoms. The number of alkyl halides is 2. The van der Waals surface area contributed by atoms with E-state index in [9.17, 15) is 8.78 Å². The molecule has 3 heterocycles. The van der Waals surface area contributed by atoms with Crippen molar-refractivity contribution in [1.29, 1.82) is 0 Å². The van der Waals surface area contributed by atoms with Gasteiger partial charge in [-0.25, -0.2) is 13.8 Å². The van der Waals surface area contributed by atoms with Crippen molar-refractivity contribution in [3.8, 4) is 10.8 Å². The molecule has 9 heteroatoms. The summed E-state index contributed by atoms with van der Waals surface area (Å²) >= 11 is 10.2. The first-order valence-electron chi connectivity index (χ1n) is 5.00. The fourth-order valence-electron chi connectivity index (χ4n) is 1.60. The van der Waals surface area contributed by atoms with Crippen LogP contribution >= 0.6 is 38.9 Å². The first-order valence-corrected chi connectivity index (χ1v) is 6.99. The van der Waals surface area contributed by atoms with Crippen LogP contribution in [0.5, 0.6) is 0 Å². The molecule has 0 aliphatic rings. The van der Waals surface area contributed by atoms with Gasteiger partial charge in [-0.15, -0.1) is 10.2 Å². The van der Waals surface area contributed by atoms with Crippen molar-refractivity contribution in [3.05, 3.63) is 33.0 Å². The molecule has 0 spiro atoms. The van der Waals surface area contributed by atoms with E-state index in [4.69, 9.17) is 11.6 Å². The smallest absolute Gasteiger partial charge is 0.291 e. The molecule has 0 radical (unpaired) electrons. The predicted molar refractivity (Wildman–Crippen MR) is 71.8 cm³/mol. The van der Waals surface area contributed by atoms with E-state index in [0.717, 1.165) is 15.8 Å². The van der Waals surface area contributed by atoms with Crippen LogP contribution in [0.25, 0.3) is 16.3 Å². The SMILES string of the molecule is FC(F)c1nnc(-c2ncc3c(Cl)cc(Br)cn23)s1. The minimum atomic E-state index is -2.63. The molecule has 3 rings (SSSR count). The molecule has 0 amide bonds. The summed E-state index contributed by atoms with van der Waals surface area (Å²) in [7, 11) is 0. The highest BCUT2D eigenvalue weighted by atomic mass is 79.9. The Bertz CT molecular complexity index is 757. The van der Waals surface area contributed by atoms with Crippen LogP contribution in [-0.2, 0) is 0 Å². The van der Waals surface area contributed by atoms with Gasteiger partial charge in [-0.05, 0) is 22.0 Å². The lowest BCUT2D eigenvalue weighted by atomic mass is 10.4. The van der Waals surface area contributed by atoms with Gasteiger partial charge in [0.2, 0.25) is 0 Å². The number of imidazole rings is 1. The lowest BCUT2D eigenvalue weighted by Gasteiger charge is -2.00. The molecular weight excluding hydrogens is 362 g/mol. The number of nitrogens with zero attached hydrogens (tertiary/aromatic N) is 4. The Labute approximate surface area is 123 Å². The molecule has 0 aromatic carbocycles. The molecular formula is C10H4BrClF2N4S. The number of hydrogen-bond acceptors (Lipinski definition) is 4. The van der Waals surface area contributed by atoms with Crippen molar-refractivity contribution in [2.45, 2.75) is 6.43 Å². The van der Waals surface area contributed by atoms with Crippen LogP contribution in [-0.4, -0.2) is 19.6 Å². The summed E-state index contributed by atoms with van der Waals surface area (Å²) in [6.07, 6.45) is 0.674. The normalized spacial score (nSPS) is 11.6. The van der Waals surface area contributed by atoms with Crippen LogP contribution in [0.4, 0.5) is 8.78 Å². The topological polar surface area (TPSA) is 43.1 Å². The van der Waals surface area contributed by atoms with E-state index < -0.39 is 6.43 Å². The zero-order valence-corrected chi connectivity index (χ0v) is 12.2. The van der Waals surface area contributed by atoms with Crippen LogP contribution in [0.1, 0.15) is 11.4 Å². The summed E-state index contributed by atoms with van der Waals surface area (Å²) in [4.78, 5) is 4.16. The maximum Gasteiger partial charge on any atom is 0.291 e. The molecule has 0 atom stereocenters. The highest BCUT2D eigenvalue weighted by Gasteiger charge is 2.18. The van der Waals surface area contributed by atoms with E-state index in [1.165, 1.54) is 0 Å². The van der Waals surface area contributed by atoms with Gasteiger partial charge in [0, 0.05) is 10.7 Å². The average molecular weight is 366 g/mol. The molecule has 3 aromatic heterocycles. The fourth-order valence-corrected chi connectivity index (χ4v) is 3.11. The molecule has 0 bridgehead atoms. The lowest BCUT2D eigenvalue weighted by Crippen LogP contribution is -1.89. The van der Waals surface area contributed by atoms with Gasteiger partial charge in [-0.2, -0.15) is 0 Å². The van der Waals surface area contributed by atoms with Crippen molar-refractivity contribution in [2.75, 3.05) is 0 Å². The molecule has 0 aliphatic carbocycles. The van der Waals surface area contributed by atoms with Crippen LogP contribution in [0.2, 0.25) is 5.02 Å². The van der Waals surface area contributed by atoms with Crippen LogP contribution < -0.4 is 0 Å². The largest absolute Gasteiger partial charge is 0.295 e. The zero-order valence-electron chi connectivity index (χ0n) is 9.02. The minimum Gasteiger partial charge on any atom is -0.295 e. The maximum atomic E-state index is 12.5. The molecule has 4 nitrogen and oxygen atoms in total. The Balaban J connectivity index is 2.19. The van der Waals surface area contributed by atoms with Gasteiger partial charge in [0.15, 0.2) is 15.8 Å². The molecule has 0 unspecified atom stereocenters. The highest BCUT2D eigenvalue weighted by molar-refractivity contribution is 9.10. The molecule has 3 aromatic rings. The van der Waals surface area contributed by atoms with Gasteiger partial charge >= 0.3 is 0 Å². The van der Waals surface area contributed by atoms with Crippen LogP contribution in [0.3, 0.4) is 0 Å². The van der Waals surface area contributed by atoms with E-state index in [2.05, 4.69) is 31.1 Å². The van der Waals surface area contributed by atoms with Gasteiger partial charge in [0.05, 0.1) is 16.7 Å². The Morgan fingerprint density at radius 1 is 1.37 bits per heavy atom. The van der Waals surface area contributed by atoms with Crippen molar-refractivity contribution in [3.63, 3.8) is 0 Å². The average Bonchev–Trinajstić information content (AvgIpc) is 2.93. The number of rotatable bonds is 2. The lowest BCUT2D eigenvalue weighted by molar-refractivity contribution is 0.150. The first kappa shape index (κ1) is 12.9. The van der Waals surface area contributed by atoms with E-state index in [-0.39, 0.29) is 5.01 Å². The highest BCUT2D eigenvalue weighted by Crippen LogP contribution is 2.31. The summed E-state index contributed by atoms with van der Waals surface area (Å²) in [5.74, 6) is 0.433. The van der Waals surface area contributed by atoms with Crippen molar-refractivity contribution < 1.29 is 8.78 Å². The van der Waals surface area contributed by atoms with Crippen molar-refractivity contribution >= 4 is 44.4 Å². The third-order valence-corrected chi connectivity index (χ3v) is 4.04. The standard InChI is InChI=1S/C10H4BrClF2N4S/c11-4-1-5(12)6-2-15-8(18(6)3-4)10-17-16-9(19-10)7(13)14/h1-3,7H. The van der Waals surface area contributed by atoms with Crippen molar-refractivity contribution in [1.82, 2.24) is 19.6 Å². The third-order valence-electron chi connectivity index (χ3n) is 2.38.